The van der Waals surface area contributed by atoms with E-state index in [-0.39, 0.29) is 4.90 Å². The van der Waals surface area contributed by atoms with Gasteiger partial charge in [0.05, 0.1) is 7.11 Å². The summed E-state index contributed by atoms with van der Waals surface area (Å²) in [4.78, 5) is 17.9. The summed E-state index contributed by atoms with van der Waals surface area (Å²) in [5.74, 6) is 1.29. The van der Waals surface area contributed by atoms with E-state index in [1.54, 1.807) is 12.1 Å². The molecule has 1 fully saturated rings. The van der Waals surface area contributed by atoms with Gasteiger partial charge in [0.15, 0.2) is 11.0 Å². The number of piperazine rings is 1. The zero-order chi connectivity index (χ0) is 30.0. The fourth-order valence-electron chi connectivity index (χ4n) is 4.94. The van der Waals surface area contributed by atoms with E-state index in [1.165, 1.54) is 28.8 Å². The van der Waals surface area contributed by atoms with E-state index in [4.69, 9.17) is 21.2 Å². The van der Waals surface area contributed by atoms with Crippen molar-refractivity contribution in [3.63, 3.8) is 0 Å². The number of nitrogen functional groups attached to an aromatic ring is 2. The molecule has 0 bridgehead atoms. The van der Waals surface area contributed by atoms with Crippen molar-refractivity contribution in [3.05, 3.63) is 53.4 Å². The number of anilines is 4. The highest BCUT2D eigenvalue weighted by molar-refractivity contribution is 7.89. The Balaban J connectivity index is 1.49. The van der Waals surface area contributed by atoms with E-state index in [9.17, 15) is 8.42 Å². The first-order valence-corrected chi connectivity index (χ1v) is 16.0. The van der Waals surface area contributed by atoms with Gasteiger partial charge < -0.3 is 26.0 Å². The van der Waals surface area contributed by atoms with Gasteiger partial charge in [-0.15, -0.1) is 11.3 Å². The predicted octanol–water partition coefficient (Wildman–Crippen LogP) is 4.23. The zero-order valence-corrected chi connectivity index (χ0v) is 25.9. The third-order valence-corrected chi connectivity index (χ3v) is 10.0. The van der Waals surface area contributed by atoms with Crippen molar-refractivity contribution in [1.82, 2.24) is 24.2 Å². The van der Waals surface area contributed by atoms with Crippen LogP contribution in [0.1, 0.15) is 18.9 Å². The molecule has 42 heavy (non-hydrogen) atoms. The second kappa shape index (κ2) is 12.2. The van der Waals surface area contributed by atoms with Gasteiger partial charge in [0.2, 0.25) is 10.0 Å². The molecule has 1 saturated heterocycles. The number of likely N-dealkylation sites (N-methyl/N-ethyl adjacent to an activating group) is 1. The number of benzene rings is 2. The van der Waals surface area contributed by atoms with Crippen LogP contribution in [0.3, 0.4) is 0 Å². The molecule has 2 aromatic heterocycles. The van der Waals surface area contributed by atoms with Gasteiger partial charge in [0.25, 0.3) is 0 Å². The lowest BCUT2D eigenvalue weighted by atomic mass is 10.0. The first kappa shape index (κ1) is 29.7. The Morgan fingerprint density at radius 1 is 0.976 bits per heavy atom. The summed E-state index contributed by atoms with van der Waals surface area (Å²) in [6.45, 7) is 7.21. The average molecular weight is 609 g/mol. The first-order chi connectivity index (χ1) is 20.1. The van der Waals surface area contributed by atoms with Crippen LogP contribution in [0.25, 0.3) is 22.6 Å². The van der Waals surface area contributed by atoms with Gasteiger partial charge >= 0.3 is 0 Å². The Bertz CT molecular complexity index is 1660. The number of nitrogens with zero attached hydrogens (tertiary/aromatic N) is 6. The summed E-state index contributed by atoms with van der Waals surface area (Å²) in [7, 11) is -0.186. The van der Waals surface area contributed by atoms with E-state index in [1.807, 2.05) is 24.6 Å². The number of sulfonamides is 1. The molecule has 1 aliphatic heterocycles. The maximum absolute atomic E-state index is 13.5. The molecule has 0 amide bonds. The highest BCUT2D eigenvalue weighted by Gasteiger charge is 2.30. The quantitative estimate of drug-likeness (QED) is 0.283. The predicted molar refractivity (Wildman–Crippen MR) is 169 cm³/mol. The second-order valence-corrected chi connectivity index (χ2v) is 13.0. The normalized spacial score (nSPS) is 14.7. The van der Waals surface area contributed by atoms with Crippen molar-refractivity contribution in [2.24, 2.45) is 0 Å². The molecule has 1 aliphatic rings. The van der Waals surface area contributed by atoms with Crippen molar-refractivity contribution in [1.29, 1.82) is 0 Å². The Morgan fingerprint density at radius 3 is 2.31 bits per heavy atom. The molecule has 0 radical (unpaired) electrons. The second-order valence-electron chi connectivity index (χ2n) is 10.3. The van der Waals surface area contributed by atoms with Crippen LogP contribution in [0, 0.1) is 6.92 Å². The molecule has 4 aromatic rings. The van der Waals surface area contributed by atoms with Crippen LogP contribution >= 0.6 is 11.3 Å². The summed E-state index contributed by atoms with van der Waals surface area (Å²) in [6.07, 6.45) is 0.896. The van der Waals surface area contributed by atoms with Crippen molar-refractivity contribution >= 4 is 43.8 Å². The van der Waals surface area contributed by atoms with Crippen molar-refractivity contribution in [2.45, 2.75) is 25.2 Å². The average Bonchev–Trinajstić information content (AvgIpc) is 3.46. The zero-order valence-electron chi connectivity index (χ0n) is 24.2. The van der Waals surface area contributed by atoms with Crippen LogP contribution in [-0.4, -0.2) is 79.5 Å². The van der Waals surface area contributed by atoms with E-state index in [0.29, 0.717) is 55.1 Å². The lowest BCUT2D eigenvalue weighted by molar-refractivity contribution is 0.222. The van der Waals surface area contributed by atoms with Crippen molar-refractivity contribution in [2.75, 3.05) is 63.2 Å². The molecular formula is C29H36N8O3S2. The molecule has 11 nitrogen and oxygen atoms in total. The molecule has 4 N–H and O–H groups in total. The monoisotopic (exact) mass is 608 g/mol. The maximum Gasteiger partial charge on any atom is 0.246 e. The molecule has 0 aliphatic carbocycles. The van der Waals surface area contributed by atoms with Gasteiger partial charge in [-0.1, -0.05) is 25.1 Å². The highest BCUT2D eigenvalue weighted by Crippen LogP contribution is 2.38. The van der Waals surface area contributed by atoms with E-state index >= 15 is 0 Å². The fraction of sp³-hybridized carbons (Fsp3) is 0.345. The summed E-state index contributed by atoms with van der Waals surface area (Å²) in [5, 5.41) is 2.69. The lowest BCUT2D eigenvalue weighted by Gasteiger charge is -2.31. The lowest BCUT2D eigenvalue weighted by Crippen LogP contribution is -2.47. The Kier molecular flexibility index (Phi) is 8.64. The van der Waals surface area contributed by atoms with Crippen LogP contribution in [-0.2, 0) is 10.0 Å². The third kappa shape index (κ3) is 6.04. The van der Waals surface area contributed by atoms with Gasteiger partial charge in [0, 0.05) is 49.9 Å². The minimum Gasteiger partial charge on any atom is -0.495 e. The highest BCUT2D eigenvalue weighted by atomic mass is 32.2. The van der Waals surface area contributed by atoms with E-state index in [2.05, 4.69) is 45.7 Å². The topological polar surface area (TPSA) is 144 Å². The number of aryl methyl sites for hydroxylation is 1. The van der Waals surface area contributed by atoms with Crippen molar-refractivity contribution in [3.8, 4) is 28.4 Å². The molecule has 0 unspecified atom stereocenters. The number of hydrogen-bond donors (Lipinski definition) is 2. The number of aromatic nitrogens is 3. The summed E-state index contributed by atoms with van der Waals surface area (Å²) in [6, 6.07) is 13.0. The van der Waals surface area contributed by atoms with Crippen LogP contribution in [0.5, 0.6) is 5.75 Å². The number of rotatable bonds is 9. The van der Waals surface area contributed by atoms with E-state index < -0.39 is 10.0 Å². The summed E-state index contributed by atoms with van der Waals surface area (Å²) in [5.41, 5.74) is 16.2. The van der Waals surface area contributed by atoms with Crippen LogP contribution in [0.15, 0.2) is 52.7 Å². The van der Waals surface area contributed by atoms with Crippen LogP contribution in [0.4, 0.5) is 22.5 Å². The van der Waals surface area contributed by atoms with Gasteiger partial charge in [0.1, 0.15) is 28.0 Å². The molecule has 13 heteroatoms. The Labute approximate surface area is 250 Å². The minimum absolute atomic E-state index is 0.179. The first-order valence-electron chi connectivity index (χ1n) is 13.7. The molecule has 5 rings (SSSR count). The molecular weight excluding hydrogens is 573 g/mol. The minimum atomic E-state index is -3.68. The molecule has 0 atom stereocenters. The molecule has 0 spiro atoms. The number of thiazole rings is 1. The smallest absolute Gasteiger partial charge is 0.246 e. The maximum atomic E-state index is 13.5. The Hall–Kier alpha value is -3.78. The molecule has 3 heterocycles. The number of nitrogens with two attached hydrogens (primary N) is 2. The number of hydrogen-bond acceptors (Lipinski definition) is 11. The fourth-order valence-corrected chi connectivity index (χ4v) is 7.34. The van der Waals surface area contributed by atoms with Crippen LogP contribution in [0.2, 0.25) is 0 Å². The summed E-state index contributed by atoms with van der Waals surface area (Å²) >= 11 is 1.49. The van der Waals surface area contributed by atoms with Crippen molar-refractivity contribution < 1.29 is 13.2 Å². The van der Waals surface area contributed by atoms with Gasteiger partial charge in [-0.3, -0.25) is 0 Å². The Morgan fingerprint density at radius 2 is 1.64 bits per heavy atom. The molecule has 222 valence electrons. The largest absolute Gasteiger partial charge is 0.495 e. The molecule has 0 saturated carbocycles. The number of methoxy groups -OCH3 is 1. The van der Waals surface area contributed by atoms with Gasteiger partial charge in [-0.2, -0.15) is 4.31 Å². The van der Waals surface area contributed by atoms with Gasteiger partial charge in [-0.25, -0.2) is 23.4 Å². The van der Waals surface area contributed by atoms with Crippen LogP contribution < -0.4 is 21.1 Å². The van der Waals surface area contributed by atoms with Gasteiger partial charge in [-0.05, 0) is 55.3 Å². The summed E-state index contributed by atoms with van der Waals surface area (Å²) < 4.78 is 34.1. The SMILES string of the molecule is CCCN(c1nc(-c2nc(N)cc(N)n2)cs1)c1cc(-c2ccc(S(=O)(=O)N3CCN(C)CC3)c(OC)c2)ccc1C. The number of ether oxygens (including phenoxy) is 1. The molecule has 2 aromatic carbocycles. The third-order valence-electron chi connectivity index (χ3n) is 7.24. The standard InChI is InChI=1S/C29H36N8O3S2/c1-5-10-37(29-32-22(18-41-29)28-33-26(30)17-27(31)34-28)23-15-20(7-6-19(23)2)21-8-9-25(24(16-21)40-4)42(38,39)36-13-11-35(3)12-14-36/h6-9,15-18H,5,10-14H2,1-4H3,(H4,30,31,33,34). The van der Waals surface area contributed by atoms with E-state index in [0.717, 1.165) is 40.5 Å².